The van der Waals surface area contributed by atoms with E-state index in [0.717, 1.165) is 25.3 Å². The summed E-state index contributed by atoms with van der Waals surface area (Å²) in [6.07, 6.45) is 2.30. The summed E-state index contributed by atoms with van der Waals surface area (Å²) in [7, 11) is -1.80. The van der Waals surface area contributed by atoms with Crippen LogP contribution in [0.3, 0.4) is 0 Å². The van der Waals surface area contributed by atoms with Crippen molar-refractivity contribution in [3.8, 4) is 5.75 Å². The Morgan fingerprint density at radius 1 is 0.966 bits per heavy atom. The molecule has 0 atom stereocenters. The van der Waals surface area contributed by atoms with E-state index in [1.54, 1.807) is 0 Å². The molecule has 0 aliphatic heterocycles. The number of aryl methyl sites for hydroxylation is 3. The van der Waals surface area contributed by atoms with Gasteiger partial charge >= 0.3 is 147 Å². The first-order valence-electron chi connectivity index (χ1n) is 10.8. The van der Waals surface area contributed by atoms with Crippen LogP contribution < -0.4 is 14.2 Å². The van der Waals surface area contributed by atoms with Crippen molar-refractivity contribution in [2.75, 3.05) is 13.1 Å². The maximum atomic E-state index is 6.62. The Bertz CT molecular complexity index is 745. The van der Waals surface area contributed by atoms with E-state index in [2.05, 4.69) is 95.5 Å². The number of hydrogen-bond acceptors (Lipinski definition) is 2. The third-order valence-electron chi connectivity index (χ3n) is 5.79. The van der Waals surface area contributed by atoms with Crippen LogP contribution in [-0.4, -0.2) is 36.4 Å². The summed E-state index contributed by atoms with van der Waals surface area (Å²) in [6.45, 7) is 18.1. The summed E-state index contributed by atoms with van der Waals surface area (Å²) in [5.41, 5.74) is 3.99. The molecule has 2 nitrogen and oxygen atoms in total. The Morgan fingerprint density at radius 2 is 1.59 bits per heavy atom. The van der Waals surface area contributed by atoms with Gasteiger partial charge < -0.3 is 0 Å². The topological polar surface area (TPSA) is 21.3 Å². The average molecular weight is 477 g/mol. The van der Waals surface area contributed by atoms with Gasteiger partial charge in [-0.2, -0.15) is 0 Å². The van der Waals surface area contributed by atoms with Gasteiger partial charge in [-0.25, -0.2) is 0 Å². The Labute approximate surface area is 186 Å². The van der Waals surface area contributed by atoms with Gasteiger partial charge in [-0.05, 0) is 18.1 Å². The molecule has 0 spiro atoms. The van der Waals surface area contributed by atoms with Crippen LogP contribution in [-0.2, 0) is 6.42 Å². The van der Waals surface area contributed by atoms with Crippen LogP contribution in [0.15, 0.2) is 42.5 Å². The van der Waals surface area contributed by atoms with E-state index in [9.17, 15) is 0 Å². The summed E-state index contributed by atoms with van der Waals surface area (Å²) in [6, 6.07) is 15.5. The zero-order valence-electron chi connectivity index (χ0n) is 19.4. The fraction of sp³-hybridized carbons (Fsp3) is 0.520. The van der Waals surface area contributed by atoms with Crippen molar-refractivity contribution in [3.63, 3.8) is 0 Å². The van der Waals surface area contributed by atoms with Crippen LogP contribution in [0.1, 0.15) is 43.9 Å². The third kappa shape index (κ3) is 7.60. The molecule has 160 valence electrons. The van der Waals surface area contributed by atoms with Gasteiger partial charge in [0.2, 0.25) is 0 Å². The maximum absolute atomic E-state index is 6.62. The van der Waals surface area contributed by atoms with Crippen molar-refractivity contribution in [3.05, 3.63) is 59.2 Å². The van der Waals surface area contributed by atoms with Gasteiger partial charge in [-0.15, -0.1) is 0 Å². The Kier molecular flexibility index (Phi) is 9.03. The van der Waals surface area contributed by atoms with Gasteiger partial charge in [0.25, 0.3) is 0 Å². The molecule has 0 aliphatic rings. The Hall–Kier alpha value is -1.06. The monoisotopic (exact) mass is 477 g/mol. The van der Waals surface area contributed by atoms with Crippen molar-refractivity contribution in [1.29, 1.82) is 0 Å². The van der Waals surface area contributed by atoms with E-state index >= 15 is 0 Å². The predicted octanol–water partition coefficient (Wildman–Crippen LogP) is 5.66. The summed E-state index contributed by atoms with van der Waals surface area (Å²) < 4.78 is 8.11. The summed E-state index contributed by atoms with van der Waals surface area (Å²) in [4.78, 5) is 0. The van der Waals surface area contributed by atoms with Crippen LogP contribution >= 0.6 is 0 Å². The van der Waals surface area contributed by atoms with E-state index in [-0.39, 0.29) is 5.04 Å². The minimum Gasteiger partial charge on any atom is -0.0594 e. The molecule has 2 aromatic carbocycles. The first-order chi connectivity index (χ1) is 13.6. The fourth-order valence-electron chi connectivity index (χ4n) is 3.05. The zero-order valence-corrected chi connectivity index (χ0v) is 22.1. The smallest absolute Gasteiger partial charge is 0.0594 e. The van der Waals surface area contributed by atoms with Gasteiger partial charge in [0.05, 0.1) is 0 Å². The molecule has 0 radical (unpaired) electrons. The second kappa shape index (κ2) is 10.8. The fourth-order valence-corrected chi connectivity index (χ4v) is 5.94. The second-order valence-corrected chi connectivity index (χ2v) is 16.6. The van der Waals surface area contributed by atoms with Crippen molar-refractivity contribution in [2.24, 2.45) is 0 Å². The predicted molar refractivity (Wildman–Crippen MR) is 132 cm³/mol. The van der Waals surface area contributed by atoms with E-state index in [1.165, 1.54) is 32.9 Å². The van der Waals surface area contributed by atoms with Crippen molar-refractivity contribution in [2.45, 2.75) is 70.9 Å². The zero-order chi connectivity index (χ0) is 21.5. The summed E-state index contributed by atoms with van der Waals surface area (Å²) in [5, 5.41) is 5.09. The van der Waals surface area contributed by atoms with Crippen molar-refractivity contribution in [1.82, 2.24) is 5.32 Å². The van der Waals surface area contributed by atoms with Crippen molar-refractivity contribution < 1.29 is 4.43 Å². The van der Waals surface area contributed by atoms with Gasteiger partial charge in [-0.1, -0.05) is 20.8 Å². The van der Waals surface area contributed by atoms with Crippen LogP contribution in [0, 0.1) is 13.8 Å². The first kappa shape index (κ1) is 24.2. The van der Waals surface area contributed by atoms with Gasteiger partial charge in [0.1, 0.15) is 0 Å². The minimum absolute atomic E-state index is 0.220. The quantitative estimate of drug-likeness (QED) is 0.353. The van der Waals surface area contributed by atoms with E-state index in [0.29, 0.717) is 15.0 Å². The molecule has 0 unspecified atom stereocenters. The van der Waals surface area contributed by atoms with Crippen LogP contribution in [0.4, 0.5) is 0 Å². The number of rotatable bonds is 10. The molecule has 0 saturated heterocycles. The van der Waals surface area contributed by atoms with E-state index in [1.807, 2.05) is 0 Å². The van der Waals surface area contributed by atoms with Gasteiger partial charge in [0.15, 0.2) is 0 Å². The molecule has 0 saturated carbocycles. The number of benzene rings is 2. The Morgan fingerprint density at radius 3 is 2.17 bits per heavy atom. The normalized spacial score (nSPS) is 12.2. The molecule has 4 heteroatoms. The molecule has 0 amide bonds. The number of nitrogens with one attached hydrogen (secondary N) is 1. The standard InChI is InChI=1S/C25H39NOSeSi/c1-20-18-22(19-21(2)24(20)27-29(6,7)25(3,4)5)12-11-15-26-16-17-28-23-13-9-8-10-14-23/h8-10,13-14,18-19,26H,11-12,15-17H2,1-7H3. The number of hydrogen-bond donors (Lipinski definition) is 1. The molecule has 1 N–H and O–H groups in total. The Balaban J connectivity index is 1.77. The van der Waals surface area contributed by atoms with E-state index in [4.69, 9.17) is 4.43 Å². The average Bonchev–Trinajstić information content (AvgIpc) is 2.64. The van der Waals surface area contributed by atoms with Crippen molar-refractivity contribution >= 4 is 27.7 Å². The SMILES string of the molecule is Cc1cc(CCCNCC[Se]c2ccccc2)cc(C)c1O[Si](C)(C)C(C)(C)C. The third-order valence-corrected chi connectivity index (χ3v) is 12.2. The molecule has 29 heavy (non-hydrogen) atoms. The molecule has 2 rings (SSSR count). The molecular weight excluding hydrogens is 437 g/mol. The molecule has 0 fully saturated rings. The summed E-state index contributed by atoms with van der Waals surface area (Å²) in [5.74, 6) is 1.11. The minimum atomic E-state index is -1.80. The molecule has 0 bridgehead atoms. The summed E-state index contributed by atoms with van der Waals surface area (Å²) >= 11 is 0.586. The molecule has 0 heterocycles. The van der Waals surface area contributed by atoms with E-state index < -0.39 is 8.32 Å². The van der Waals surface area contributed by atoms with Crippen LogP contribution in [0.25, 0.3) is 0 Å². The molecular formula is C25H39NOSeSi. The molecule has 0 aromatic heterocycles. The first-order valence-corrected chi connectivity index (χ1v) is 15.8. The second-order valence-electron chi connectivity index (χ2n) is 9.44. The van der Waals surface area contributed by atoms with Crippen LogP contribution in [0.2, 0.25) is 23.5 Å². The van der Waals surface area contributed by atoms with Crippen LogP contribution in [0.5, 0.6) is 5.75 Å². The molecule has 0 aliphatic carbocycles. The van der Waals surface area contributed by atoms with Gasteiger partial charge in [0, 0.05) is 0 Å². The molecule has 2 aromatic rings. The van der Waals surface area contributed by atoms with Gasteiger partial charge in [-0.3, -0.25) is 0 Å².